The maximum Gasteiger partial charge on any atom is 0.104 e. The molecular formula is C15H16N8Y2-2. The molecular weight excluding hydrogens is 470 g/mol. The Morgan fingerprint density at radius 1 is 0.880 bits per heavy atom. The second kappa shape index (κ2) is 9.85. The molecule has 4 rings (SSSR count). The van der Waals surface area contributed by atoms with Crippen LogP contribution in [-0.2, 0) is 85.9 Å². The third-order valence-electron chi connectivity index (χ3n) is 3.28. The van der Waals surface area contributed by atoms with Gasteiger partial charge in [-0.15, -0.1) is 10.8 Å². The molecule has 0 N–H and O–H groups in total. The zero-order valence-electron chi connectivity index (χ0n) is 14.6. The molecule has 10 heteroatoms. The van der Waals surface area contributed by atoms with E-state index in [2.05, 4.69) is 42.5 Å². The van der Waals surface area contributed by atoms with Gasteiger partial charge in [0.25, 0.3) is 0 Å². The van der Waals surface area contributed by atoms with Gasteiger partial charge < -0.3 is 19.3 Å². The van der Waals surface area contributed by atoms with E-state index in [1.807, 2.05) is 27.9 Å². The van der Waals surface area contributed by atoms with Gasteiger partial charge in [0.2, 0.25) is 0 Å². The molecule has 8 nitrogen and oxygen atoms in total. The summed E-state index contributed by atoms with van der Waals surface area (Å²) in [5, 5.41) is 9.62. The van der Waals surface area contributed by atoms with E-state index in [1.54, 1.807) is 21.8 Å². The van der Waals surface area contributed by atoms with Crippen molar-refractivity contribution < 1.29 is 65.4 Å². The molecule has 0 saturated carbocycles. The van der Waals surface area contributed by atoms with Crippen LogP contribution in [0.1, 0.15) is 18.6 Å². The fourth-order valence-corrected chi connectivity index (χ4v) is 2.04. The summed E-state index contributed by atoms with van der Waals surface area (Å²) < 4.78 is 3.39. The zero-order valence-corrected chi connectivity index (χ0v) is 20.3. The Morgan fingerprint density at radius 3 is 1.96 bits per heavy atom. The van der Waals surface area contributed by atoms with Crippen LogP contribution >= 0.6 is 0 Å². The van der Waals surface area contributed by atoms with Gasteiger partial charge in [0.05, 0.1) is 0 Å². The maximum absolute atomic E-state index is 4.31. The fourth-order valence-electron chi connectivity index (χ4n) is 2.04. The first-order valence-electron chi connectivity index (χ1n) is 7.18. The van der Waals surface area contributed by atoms with Crippen molar-refractivity contribution in [3.63, 3.8) is 0 Å². The predicted octanol–water partition coefficient (Wildman–Crippen LogP) is 1.19. The first-order chi connectivity index (χ1) is 11.1. The zero-order chi connectivity index (χ0) is 16.4. The van der Waals surface area contributed by atoms with Crippen molar-refractivity contribution in [3.05, 3.63) is 36.4 Å². The van der Waals surface area contributed by atoms with Gasteiger partial charge in [0.1, 0.15) is 11.6 Å². The molecule has 0 aliphatic rings. The molecule has 0 fully saturated rings. The van der Waals surface area contributed by atoms with E-state index >= 15 is 0 Å². The predicted molar refractivity (Wildman–Crippen MR) is 84.4 cm³/mol. The number of hydrogen-bond donors (Lipinski definition) is 0. The van der Waals surface area contributed by atoms with Crippen molar-refractivity contribution in [3.8, 4) is 0 Å². The number of fused-ring (bicyclic) bond motifs is 2. The van der Waals surface area contributed by atoms with Crippen LogP contribution in [0.3, 0.4) is 0 Å². The van der Waals surface area contributed by atoms with Gasteiger partial charge in [-0.1, -0.05) is 19.3 Å². The average molecular weight is 486 g/mol. The molecule has 4 heterocycles. The van der Waals surface area contributed by atoms with Crippen LogP contribution in [0.2, 0.25) is 0 Å². The largest absolute Gasteiger partial charge is 0.316 e. The van der Waals surface area contributed by atoms with Crippen LogP contribution in [0.5, 0.6) is 0 Å². The van der Waals surface area contributed by atoms with Crippen molar-refractivity contribution in [1.82, 2.24) is 39.5 Å². The second-order valence-electron chi connectivity index (χ2n) is 5.00. The Balaban J connectivity index is 0.000000232. The topological polar surface area (TPSA) is 87.2 Å². The molecule has 124 valence electrons. The van der Waals surface area contributed by atoms with Gasteiger partial charge in [-0.25, -0.2) is 0 Å². The van der Waals surface area contributed by atoms with E-state index in [9.17, 15) is 0 Å². The fraction of sp³-hybridized carbons (Fsp3) is 0.333. The minimum Gasteiger partial charge on any atom is -0.316 e. The van der Waals surface area contributed by atoms with Gasteiger partial charge >= 0.3 is 0 Å². The Labute approximate surface area is 196 Å². The minimum atomic E-state index is 0. The third-order valence-corrected chi connectivity index (χ3v) is 3.28. The summed E-state index contributed by atoms with van der Waals surface area (Å²) in [5.41, 5.74) is 1.68. The molecule has 0 saturated heterocycles. The quantitative estimate of drug-likeness (QED) is 0.376. The van der Waals surface area contributed by atoms with E-state index in [0.29, 0.717) is 0 Å². The Kier molecular flexibility index (Phi) is 8.81. The molecule has 2 radical (unpaired) electrons. The number of rotatable bonds is 1. The molecule has 0 atom stereocenters. The number of aryl methyl sites for hydroxylation is 4. The number of nitrogens with zero attached hydrogens (tertiary/aromatic N) is 8. The standard InChI is InChI=1S/C8H9N4.C7H7N4.2Y/c1-3-7-9-4-6-5-10-12(2)8(6)11-7;1-5-8-3-6-4-9-11(2)7(6)10-5;;/h4H,3H2,1-2H3;3H,1-2H3;;/q2*-1;;. The van der Waals surface area contributed by atoms with E-state index in [-0.39, 0.29) is 65.4 Å². The number of aromatic nitrogens is 8. The molecule has 25 heavy (non-hydrogen) atoms. The summed E-state index contributed by atoms with van der Waals surface area (Å²) >= 11 is 0. The van der Waals surface area contributed by atoms with Crippen LogP contribution in [0.4, 0.5) is 0 Å². The molecule has 4 aromatic heterocycles. The van der Waals surface area contributed by atoms with E-state index < -0.39 is 0 Å². The summed E-state index contributed by atoms with van der Waals surface area (Å²) in [6.07, 6.45) is 9.96. The van der Waals surface area contributed by atoms with Gasteiger partial charge in [0, 0.05) is 97.2 Å². The van der Waals surface area contributed by atoms with Crippen LogP contribution in [0.25, 0.3) is 22.1 Å². The second-order valence-corrected chi connectivity index (χ2v) is 5.00. The molecule has 0 spiro atoms. The van der Waals surface area contributed by atoms with Crippen molar-refractivity contribution in [2.75, 3.05) is 0 Å². The van der Waals surface area contributed by atoms with Gasteiger partial charge in [-0.3, -0.25) is 20.2 Å². The molecule has 0 amide bonds. The van der Waals surface area contributed by atoms with Crippen LogP contribution < -0.4 is 0 Å². The van der Waals surface area contributed by atoms with Crippen molar-refractivity contribution >= 4 is 22.1 Å². The Morgan fingerprint density at radius 2 is 1.40 bits per heavy atom. The molecule has 0 aliphatic carbocycles. The average Bonchev–Trinajstić information content (AvgIpc) is 3.11. The monoisotopic (exact) mass is 486 g/mol. The molecule has 0 aliphatic heterocycles. The van der Waals surface area contributed by atoms with E-state index in [1.165, 1.54) is 0 Å². The Bertz CT molecular complexity index is 963. The van der Waals surface area contributed by atoms with Crippen molar-refractivity contribution in [1.29, 1.82) is 0 Å². The van der Waals surface area contributed by atoms with Crippen LogP contribution in [0.15, 0.2) is 12.4 Å². The smallest absolute Gasteiger partial charge is 0.104 e. The maximum atomic E-state index is 4.31. The Hall–Kier alpha value is -0.692. The summed E-state index contributed by atoms with van der Waals surface area (Å²) in [5.74, 6) is 1.61. The normalized spacial score (nSPS) is 9.92. The summed E-state index contributed by atoms with van der Waals surface area (Å²) in [7, 11) is 3.69. The van der Waals surface area contributed by atoms with Gasteiger partial charge in [0.15, 0.2) is 0 Å². The molecule has 0 aromatic carbocycles. The summed E-state index contributed by atoms with van der Waals surface area (Å²) in [6.45, 7) is 3.88. The van der Waals surface area contributed by atoms with E-state index in [0.717, 1.165) is 40.1 Å². The molecule has 0 unspecified atom stereocenters. The first kappa shape index (κ1) is 22.3. The third kappa shape index (κ3) is 5.16. The van der Waals surface area contributed by atoms with Crippen molar-refractivity contribution in [2.24, 2.45) is 14.1 Å². The van der Waals surface area contributed by atoms with Crippen LogP contribution in [0, 0.1) is 19.3 Å². The SMILES string of the molecule is CCc1ncc2[c-]nn(C)c2n1.Cc1ncc2[c-]nn(C)c2n1.[Y].[Y]. The van der Waals surface area contributed by atoms with Gasteiger partial charge in [-0.2, -0.15) is 0 Å². The van der Waals surface area contributed by atoms with Crippen molar-refractivity contribution in [2.45, 2.75) is 20.3 Å². The van der Waals surface area contributed by atoms with Crippen LogP contribution in [-0.4, -0.2) is 39.5 Å². The van der Waals surface area contributed by atoms with Gasteiger partial charge in [-0.05, 0) is 19.3 Å². The minimum absolute atomic E-state index is 0. The molecule has 0 bridgehead atoms. The first-order valence-corrected chi connectivity index (χ1v) is 7.18. The number of hydrogen-bond acceptors (Lipinski definition) is 6. The molecule has 4 aromatic rings. The van der Waals surface area contributed by atoms with E-state index in [4.69, 9.17) is 0 Å². The summed E-state index contributed by atoms with van der Waals surface area (Å²) in [6, 6.07) is 0. The summed E-state index contributed by atoms with van der Waals surface area (Å²) in [4.78, 5) is 16.7.